The Bertz CT molecular complexity index is 1050. The Morgan fingerprint density at radius 3 is 2.39 bits per heavy atom. The van der Waals surface area contributed by atoms with Crippen molar-refractivity contribution in [2.24, 2.45) is 5.92 Å². The first-order valence-electron chi connectivity index (χ1n) is 11.1. The van der Waals surface area contributed by atoms with Gasteiger partial charge in [-0.2, -0.15) is 15.6 Å². The number of thiophene rings is 1. The lowest BCUT2D eigenvalue weighted by atomic mass is 10.1. The Labute approximate surface area is 200 Å². The van der Waals surface area contributed by atoms with Crippen molar-refractivity contribution in [3.8, 4) is 0 Å². The summed E-state index contributed by atoms with van der Waals surface area (Å²) in [5.41, 5.74) is 1.74. The Hall–Kier alpha value is -2.27. The minimum Gasteiger partial charge on any atom is -0.354 e. The molecule has 180 valence electrons. The van der Waals surface area contributed by atoms with Crippen molar-refractivity contribution in [1.29, 1.82) is 0 Å². The molecule has 1 aliphatic heterocycles. The van der Waals surface area contributed by atoms with Crippen LogP contribution in [0.25, 0.3) is 0 Å². The minimum absolute atomic E-state index is 0.0636. The molecule has 1 fully saturated rings. The Balaban J connectivity index is 1.64. The van der Waals surface area contributed by atoms with Gasteiger partial charge in [-0.15, -0.1) is 0 Å². The zero-order chi connectivity index (χ0) is 24.2. The molecule has 0 aliphatic carbocycles. The first kappa shape index (κ1) is 25.4. The quantitative estimate of drug-likeness (QED) is 0.551. The molecule has 1 N–H and O–H groups in total. The van der Waals surface area contributed by atoms with Gasteiger partial charge in [0.05, 0.1) is 16.9 Å². The zero-order valence-corrected chi connectivity index (χ0v) is 21.2. The molecule has 2 amide bonds. The van der Waals surface area contributed by atoms with Gasteiger partial charge in [0.1, 0.15) is 0 Å². The summed E-state index contributed by atoms with van der Waals surface area (Å²) in [5.74, 6) is -0.730. The SMILES string of the molecule is CCN(CC)S(=O)(=O)c1ccc(N2CC(C(=O)NCC(c3ccsc3)N(C)C)CC2=O)cc1. The second-order valence-electron chi connectivity index (χ2n) is 8.27. The van der Waals surface area contributed by atoms with Crippen molar-refractivity contribution in [2.75, 3.05) is 45.2 Å². The average Bonchev–Trinajstić information content (AvgIpc) is 3.44. The Morgan fingerprint density at radius 2 is 1.85 bits per heavy atom. The molecule has 8 nitrogen and oxygen atoms in total. The number of nitrogens with zero attached hydrogens (tertiary/aromatic N) is 3. The van der Waals surface area contributed by atoms with Crippen LogP contribution in [0, 0.1) is 5.92 Å². The van der Waals surface area contributed by atoms with Gasteiger partial charge in [-0.3, -0.25) is 9.59 Å². The van der Waals surface area contributed by atoms with E-state index >= 15 is 0 Å². The normalized spacial score (nSPS) is 17.7. The largest absolute Gasteiger partial charge is 0.354 e. The monoisotopic (exact) mass is 492 g/mol. The molecule has 0 saturated carbocycles. The fourth-order valence-electron chi connectivity index (χ4n) is 4.05. The molecular weight excluding hydrogens is 460 g/mol. The van der Waals surface area contributed by atoms with Gasteiger partial charge in [-0.05, 0) is 60.8 Å². The number of nitrogens with one attached hydrogen (secondary N) is 1. The van der Waals surface area contributed by atoms with Crippen LogP contribution in [0.1, 0.15) is 31.9 Å². The molecule has 0 spiro atoms. The van der Waals surface area contributed by atoms with Crippen molar-refractivity contribution in [1.82, 2.24) is 14.5 Å². The highest BCUT2D eigenvalue weighted by Gasteiger charge is 2.35. The summed E-state index contributed by atoms with van der Waals surface area (Å²) in [6.07, 6.45) is 0.135. The van der Waals surface area contributed by atoms with Crippen LogP contribution in [-0.4, -0.2) is 69.7 Å². The predicted molar refractivity (Wildman–Crippen MR) is 131 cm³/mol. The van der Waals surface area contributed by atoms with Crippen LogP contribution in [0.4, 0.5) is 5.69 Å². The number of sulfonamides is 1. The van der Waals surface area contributed by atoms with E-state index in [1.54, 1.807) is 42.2 Å². The summed E-state index contributed by atoms with van der Waals surface area (Å²) in [6.45, 7) is 5.12. The maximum absolute atomic E-state index is 12.8. The summed E-state index contributed by atoms with van der Waals surface area (Å²) < 4.78 is 26.8. The van der Waals surface area contributed by atoms with Gasteiger partial charge in [0.2, 0.25) is 21.8 Å². The molecule has 2 unspecified atom stereocenters. The van der Waals surface area contributed by atoms with Gasteiger partial charge in [-0.1, -0.05) is 13.8 Å². The third kappa shape index (κ3) is 5.63. The van der Waals surface area contributed by atoms with E-state index in [4.69, 9.17) is 0 Å². The molecule has 1 aliphatic rings. The second kappa shape index (κ2) is 10.8. The molecule has 0 bridgehead atoms. The van der Waals surface area contributed by atoms with E-state index in [1.165, 1.54) is 16.4 Å². The van der Waals surface area contributed by atoms with Crippen LogP contribution in [0.2, 0.25) is 0 Å². The van der Waals surface area contributed by atoms with Crippen molar-refractivity contribution in [2.45, 2.75) is 31.2 Å². The van der Waals surface area contributed by atoms with Crippen LogP contribution >= 0.6 is 11.3 Å². The van der Waals surface area contributed by atoms with E-state index in [2.05, 4.69) is 15.6 Å². The highest BCUT2D eigenvalue weighted by atomic mass is 32.2. The molecule has 1 aromatic heterocycles. The standard InChI is InChI=1S/C23H32N4O4S2/c1-5-26(6-2)33(30,31)20-9-7-19(8-10-20)27-15-18(13-22(27)28)23(29)24-14-21(25(3)4)17-11-12-32-16-17/h7-12,16,18,21H,5-6,13-15H2,1-4H3,(H,24,29). The number of rotatable bonds is 10. The van der Waals surface area contributed by atoms with E-state index in [9.17, 15) is 18.0 Å². The first-order valence-corrected chi connectivity index (χ1v) is 13.4. The number of amides is 2. The van der Waals surface area contributed by atoms with E-state index in [0.717, 1.165) is 5.56 Å². The lowest BCUT2D eigenvalue weighted by Crippen LogP contribution is -2.38. The number of hydrogen-bond donors (Lipinski definition) is 1. The highest BCUT2D eigenvalue weighted by Crippen LogP contribution is 2.27. The van der Waals surface area contributed by atoms with Crippen LogP contribution in [0.5, 0.6) is 0 Å². The van der Waals surface area contributed by atoms with Crippen molar-refractivity contribution < 1.29 is 18.0 Å². The van der Waals surface area contributed by atoms with E-state index < -0.39 is 15.9 Å². The summed E-state index contributed by atoms with van der Waals surface area (Å²) in [6, 6.07) is 8.42. The van der Waals surface area contributed by atoms with Crippen molar-refractivity contribution in [3.05, 3.63) is 46.7 Å². The maximum Gasteiger partial charge on any atom is 0.243 e. The second-order valence-corrected chi connectivity index (χ2v) is 11.0. The van der Waals surface area contributed by atoms with Crippen LogP contribution in [0.3, 0.4) is 0 Å². The fourth-order valence-corrected chi connectivity index (χ4v) is 6.21. The van der Waals surface area contributed by atoms with Gasteiger partial charge < -0.3 is 15.1 Å². The fraction of sp³-hybridized carbons (Fsp3) is 0.478. The lowest BCUT2D eigenvalue weighted by molar-refractivity contribution is -0.126. The minimum atomic E-state index is -3.56. The number of carbonyl (C=O) groups excluding carboxylic acids is 2. The number of benzene rings is 1. The molecule has 3 rings (SSSR count). The molecule has 1 saturated heterocycles. The molecular formula is C23H32N4O4S2. The topological polar surface area (TPSA) is 90.0 Å². The van der Waals surface area contributed by atoms with Gasteiger partial charge in [0.15, 0.2) is 0 Å². The predicted octanol–water partition coefficient (Wildman–Crippen LogP) is 2.55. The maximum atomic E-state index is 12.8. The van der Waals surface area contributed by atoms with Gasteiger partial charge in [-0.25, -0.2) is 8.42 Å². The van der Waals surface area contributed by atoms with Gasteiger partial charge in [0, 0.05) is 38.3 Å². The third-order valence-corrected chi connectivity index (χ3v) is 8.77. The Morgan fingerprint density at radius 1 is 1.18 bits per heavy atom. The molecule has 33 heavy (non-hydrogen) atoms. The van der Waals surface area contributed by atoms with Crippen molar-refractivity contribution in [3.63, 3.8) is 0 Å². The summed E-state index contributed by atoms with van der Waals surface area (Å²) in [7, 11) is 0.385. The molecule has 10 heteroatoms. The molecule has 2 atom stereocenters. The van der Waals surface area contributed by atoms with E-state index in [0.29, 0.717) is 25.3 Å². The van der Waals surface area contributed by atoms with Crippen LogP contribution in [0.15, 0.2) is 46.0 Å². The summed E-state index contributed by atoms with van der Waals surface area (Å²) in [4.78, 5) is 29.2. The smallest absolute Gasteiger partial charge is 0.243 e. The summed E-state index contributed by atoms with van der Waals surface area (Å²) >= 11 is 1.62. The molecule has 1 aromatic carbocycles. The number of likely N-dealkylation sites (N-methyl/N-ethyl adjacent to an activating group) is 1. The van der Waals surface area contributed by atoms with Crippen LogP contribution < -0.4 is 10.2 Å². The Kier molecular flexibility index (Phi) is 8.28. The highest BCUT2D eigenvalue weighted by molar-refractivity contribution is 7.89. The number of carbonyl (C=O) groups is 2. The molecule has 2 aromatic rings. The van der Waals surface area contributed by atoms with Gasteiger partial charge in [0.25, 0.3) is 0 Å². The average molecular weight is 493 g/mol. The lowest BCUT2D eigenvalue weighted by Gasteiger charge is -2.24. The van der Waals surface area contributed by atoms with Crippen molar-refractivity contribution >= 4 is 38.9 Å². The van der Waals surface area contributed by atoms with Gasteiger partial charge >= 0.3 is 0 Å². The summed E-state index contributed by atoms with van der Waals surface area (Å²) in [5, 5.41) is 7.09. The third-order valence-electron chi connectivity index (χ3n) is 6.01. The zero-order valence-electron chi connectivity index (χ0n) is 19.5. The molecule has 0 radical (unpaired) electrons. The van der Waals surface area contributed by atoms with E-state index in [1.807, 2.05) is 25.5 Å². The molecule has 2 heterocycles. The van der Waals surface area contributed by atoms with E-state index in [-0.39, 0.29) is 35.7 Å². The first-order chi connectivity index (χ1) is 15.7. The number of anilines is 1. The number of hydrogen-bond acceptors (Lipinski definition) is 6. The van der Waals surface area contributed by atoms with Crippen LogP contribution in [-0.2, 0) is 19.6 Å².